The zero-order valence-corrected chi connectivity index (χ0v) is 27.7. The molecule has 10 heteroatoms. The van der Waals surface area contributed by atoms with Gasteiger partial charge in [0.1, 0.15) is 24.2 Å². The van der Waals surface area contributed by atoms with E-state index in [0.717, 1.165) is 11.7 Å². The summed E-state index contributed by atoms with van der Waals surface area (Å²) in [6, 6.07) is 9.15. The van der Waals surface area contributed by atoms with Crippen LogP contribution < -0.4 is 16.0 Å². The van der Waals surface area contributed by atoms with E-state index in [1.165, 1.54) is 24.4 Å². The van der Waals surface area contributed by atoms with E-state index >= 15 is 0 Å². The molecule has 1 aromatic rings. The molecule has 3 amide bonds. The summed E-state index contributed by atoms with van der Waals surface area (Å²) in [5.74, 6) is -1.08. The number of carbonyl (C=O) groups is 3. The maximum absolute atomic E-state index is 13.3. The molecule has 0 saturated heterocycles. The summed E-state index contributed by atoms with van der Waals surface area (Å²) < 4.78 is 5.96. The maximum atomic E-state index is 13.3. The first kappa shape index (κ1) is 39.0. The van der Waals surface area contributed by atoms with Crippen LogP contribution in [0.1, 0.15) is 46.6 Å². The maximum Gasteiger partial charge on any atom is 0.245 e. The Morgan fingerprint density at radius 3 is 2.31 bits per heavy atom. The number of aliphatic hydroxyl groups excluding tert-OH is 1. The lowest BCUT2D eigenvalue weighted by Crippen LogP contribution is -2.57. The van der Waals surface area contributed by atoms with E-state index in [2.05, 4.69) is 41.6 Å². The summed E-state index contributed by atoms with van der Waals surface area (Å²) in [5.41, 5.74) is 2.16. The van der Waals surface area contributed by atoms with Crippen LogP contribution >= 0.6 is 7.92 Å². The van der Waals surface area contributed by atoms with E-state index in [1.807, 2.05) is 64.7 Å². The molecular weight excluding hydrogens is 551 g/mol. The Bertz CT molecular complexity index is 1010. The Kier molecular flexibility index (Phi) is 21.0. The third-order valence-electron chi connectivity index (χ3n) is 6.32. The van der Waals surface area contributed by atoms with E-state index in [-0.39, 0.29) is 18.4 Å². The minimum Gasteiger partial charge on any atom is -0.492 e. The van der Waals surface area contributed by atoms with Crippen LogP contribution in [0.2, 0.25) is 0 Å². The molecule has 0 bridgehead atoms. The van der Waals surface area contributed by atoms with Crippen molar-refractivity contribution in [2.24, 2.45) is 0 Å². The van der Waals surface area contributed by atoms with Crippen molar-refractivity contribution in [2.75, 3.05) is 46.1 Å². The number of allylic oxidation sites excluding steroid dienone is 3. The van der Waals surface area contributed by atoms with Crippen LogP contribution in [0.4, 0.5) is 0 Å². The molecule has 0 aromatic heterocycles. The van der Waals surface area contributed by atoms with Crippen molar-refractivity contribution in [1.29, 1.82) is 0 Å². The lowest BCUT2D eigenvalue weighted by molar-refractivity contribution is -0.143. The smallest absolute Gasteiger partial charge is 0.245 e. The number of nitrogens with one attached hydrogen (secondary N) is 3. The highest BCUT2D eigenvalue weighted by Crippen LogP contribution is 2.36. The lowest BCUT2D eigenvalue weighted by Gasteiger charge is -2.34. The topological polar surface area (TPSA) is 120 Å². The first-order valence-corrected chi connectivity index (χ1v) is 16.7. The van der Waals surface area contributed by atoms with Gasteiger partial charge in [0.05, 0.1) is 12.6 Å². The Balaban J connectivity index is 0.00000160. The molecule has 236 valence electrons. The fraction of sp³-hybridized carbons (Fsp3) is 0.531. The third-order valence-corrected chi connectivity index (χ3v) is 8.60. The Labute approximate surface area is 254 Å². The summed E-state index contributed by atoms with van der Waals surface area (Å²) in [6.45, 7) is 18.1. The Morgan fingerprint density at radius 2 is 1.81 bits per heavy atom. The van der Waals surface area contributed by atoms with Crippen molar-refractivity contribution in [3.05, 3.63) is 72.0 Å². The molecule has 42 heavy (non-hydrogen) atoms. The zero-order chi connectivity index (χ0) is 32.1. The first-order chi connectivity index (χ1) is 20.1. The molecule has 9 nitrogen and oxygen atoms in total. The molecule has 1 aliphatic rings. The number of benzene rings is 1. The minimum atomic E-state index is -1.11. The molecule has 0 fully saturated rings. The van der Waals surface area contributed by atoms with Gasteiger partial charge in [-0.15, -0.1) is 0 Å². The van der Waals surface area contributed by atoms with Gasteiger partial charge in [0.2, 0.25) is 17.7 Å². The standard InChI is InChI=1S/C23H39N4O5P.C7H8.C2H6/c1-7-10-18-17(8-2)11-12-24-19(29)15-26-21(30)20(16(4)28)27(5)23(31)22(33(6)9-3)25-13-14-32-18;1-7-5-3-2-4-6-7;1-2/h7-8,10,16,20,22,25,28H,2,9,11-15H2,1,3-6H3,(H,24,29)(H,26,30);2-6H,1H3;1-2H3/b10-7-,18-17-;;. The van der Waals surface area contributed by atoms with Crippen LogP contribution in [0.5, 0.6) is 0 Å². The summed E-state index contributed by atoms with van der Waals surface area (Å²) in [7, 11) is 0.781. The van der Waals surface area contributed by atoms with E-state index in [4.69, 9.17) is 4.74 Å². The number of carbonyl (C=O) groups excluding carboxylic acids is 3. The van der Waals surface area contributed by atoms with E-state index in [9.17, 15) is 19.5 Å². The zero-order valence-electron chi connectivity index (χ0n) is 26.8. The van der Waals surface area contributed by atoms with Gasteiger partial charge < -0.3 is 25.4 Å². The van der Waals surface area contributed by atoms with Crippen molar-refractivity contribution in [1.82, 2.24) is 20.9 Å². The summed E-state index contributed by atoms with van der Waals surface area (Å²) in [5, 5.41) is 18.8. The molecule has 0 radical (unpaired) electrons. The highest BCUT2D eigenvalue weighted by Gasteiger charge is 2.35. The van der Waals surface area contributed by atoms with Gasteiger partial charge in [-0.05, 0) is 51.7 Å². The van der Waals surface area contributed by atoms with Gasteiger partial charge in [0.25, 0.3) is 0 Å². The van der Waals surface area contributed by atoms with Crippen LogP contribution in [0.25, 0.3) is 0 Å². The molecular formula is C32H53N4O5P. The van der Waals surface area contributed by atoms with Gasteiger partial charge in [-0.3, -0.25) is 19.7 Å². The minimum absolute atomic E-state index is 0.257. The molecule has 0 saturated carbocycles. The number of amides is 3. The average Bonchev–Trinajstić information content (AvgIpc) is 2.98. The van der Waals surface area contributed by atoms with Crippen LogP contribution in [-0.4, -0.2) is 91.8 Å². The number of likely N-dealkylation sites (N-methyl/N-ethyl adjacent to an activating group) is 1. The average molecular weight is 605 g/mol. The Morgan fingerprint density at radius 1 is 1.17 bits per heavy atom. The predicted octanol–water partition coefficient (Wildman–Crippen LogP) is 3.93. The first-order valence-electron chi connectivity index (χ1n) is 14.6. The lowest BCUT2D eigenvalue weighted by atomic mass is 10.1. The second-order valence-electron chi connectivity index (χ2n) is 9.48. The van der Waals surface area contributed by atoms with Gasteiger partial charge in [-0.1, -0.05) is 83.3 Å². The second-order valence-corrected chi connectivity index (χ2v) is 12.1. The number of nitrogens with zero attached hydrogens (tertiary/aromatic N) is 1. The molecule has 1 aliphatic heterocycles. The van der Waals surface area contributed by atoms with Crippen molar-refractivity contribution in [2.45, 2.75) is 65.9 Å². The van der Waals surface area contributed by atoms with E-state index in [0.29, 0.717) is 31.9 Å². The van der Waals surface area contributed by atoms with Crippen molar-refractivity contribution >= 4 is 25.6 Å². The summed E-state index contributed by atoms with van der Waals surface area (Å²) in [6.07, 6.45) is 5.61. The largest absolute Gasteiger partial charge is 0.492 e. The summed E-state index contributed by atoms with van der Waals surface area (Å²) in [4.78, 5) is 39.6. The third kappa shape index (κ3) is 14.3. The second kappa shape index (κ2) is 22.6. The van der Waals surface area contributed by atoms with Crippen LogP contribution in [0.15, 0.2) is 66.5 Å². The van der Waals surface area contributed by atoms with Crippen molar-refractivity contribution in [3.8, 4) is 0 Å². The molecule has 1 aromatic carbocycles. The van der Waals surface area contributed by atoms with Gasteiger partial charge in [-0.2, -0.15) is 0 Å². The highest BCUT2D eigenvalue weighted by molar-refractivity contribution is 7.58. The fourth-order valence-corrected chi connectivity index (χ4v) is 5.32. The van der Waals surface area contributed by atoms with Crippen LogP contribution in [0, 0.1) is 6.92 Å². The van der Waals surface area contributed by atoms with Gasteiger partial charge >= 0.3 is 0 Å². The number of rotatable bonds is 5. The fourth-order valence-electron chi connectivity index (χ4n) is 3.95. The van der Waals surface area contributed by atoms with Crippen LogP contribution in [0.3, 0.4) is 0 Å². The van der Waals surface area contributed by atoms with E-state index in [1.54, 1.807) is 6.08 Å². The number of aliphatic hydroxyl groups is 1. The van der Waals surface area contributed by atoms with Gasteiger partial charge in [0.15, 0.2) is 0 Å². The van der Waals surface area contributed by atoms with Crippen molar-refractivity contribution in [3.63, 3.8) is 0 Å². The quantitative estimate of drug-likeness (QED) is 0.378. The van der Waals surface area contributed by atoms with Gasteiger partial charge in [0, 0.05) is 20.1 Å². The molecule has 4 unspecified atom stereocenters. The van der Waals surface area contributed by atoms with Gasteiger partial charge in [-0.25, -0.2) is 0 Å². The Hall–Kier alpha value is -3.00. The number of aryl methyl sites for hydroxylation is 1. The monoisotopic (exact) mass is 604 g/mol. The normalized spacial score (nSPS) is 22.6. The van der Waals surface area contributed by atoms with E-state index < -0.39 is 31.8 Å². The number of ether oxygens (including phenoxy) is 1. The highest BCUT2D eigenvalue weighted by atomic mass is 31.1. The number of hydrogen-bond acceptors (Lipinski definition) is 6. The molecule has 0 aliphatic carbocycles. The summed E-state index contributed by atoms with van der Waals surface area (Å²) >= 11 is 0. The molecule has 0 spiro atoms. The molecule has 1 heterocycles. The predicted molar refractivity (Wildman–Crippen MR) is 175 cm³/mol. The number of hydrogen-bond donors (Lipinski definition) is 4. The van der Waals surface area contributed by atoms with Crippen LogP contribution in [-0.2, 0) is 19.1 Å². The molecule has 4 N–H and O–H groups in total. The molecule has 2 rings (SSSR count). The SMILES string of the molecule is C=C/C1=C(\C=C/C)OCCNC(P(C)CC)C(=O)N(C)C(C(C)O)C(=O)NCC(=O)NCC1.CC.Cc1ccccc1. The molecule has 4 atom stereocenters. The van der Waals surface area contributed by atoms with Crippen molar-refractivity contribution < 1.29 is 24.2 Å².